The highest BCUT2D eigenvalue weighted by molar-refractivity contribution is 5.78. The molecule has 1 heterocycles. The maximum atomic E-state index is 10.3. The quantitative estimate of drug-likeness (QED) is 0.800. The van der Waals surface area contributed by atoms with Gasteiger partial charge >= 0.3 is 5.97 Å². The largest absolute Gasteiger partial charge is 0.481 e. The molecule has 4 heteroatoms. The number of aromatic amines is 1. The third kappa shape index (κ3) is 2.22. The van der Waals surface area contributed by atoms with Gasteiger partial charge < -0.3 is 10.1 Å². The summed E-state index contributed by atoms with van der Waals surface area (Å²) in [4.78, 5) is 17.4. The molecule has 0 amide bonds. The molecule has 2 N–H and O–H groups in total. The van der Waals surface area contributed by atoms with E-state index in [-0.39, 0.29) is 6.42 Å². The number of nitrogens with zero attached hydrogens (tertiary/aromatic N) is 1. The number of aromatic nitrogens is 2. The summed E-state index contributed by atoms with van der Waals surface area (Å²) in [6.45, 7) is 0. The zero-order valence-corrected chi connectivity index (χ0v) is 7.97. The number of fused-ring (bicyclic) bond motifs is 1. The van der Waals surface area contributed by atoms with Gasteiger partial charge in [0.2, 0.25) is 0 Å². The second kappa shape index (κ2) is 3.96. The molecule has 0 aliphatic heterocycles. The Morgan fingerprint density at radius 3 is 3.20 bits per heavy atom. The van der Waals surface area contributed by atoms with Gasteiger partial charge in [-0.2, -0.15) is 0 Å². The van der Waals surface area contributed by atoms with Crippen molar-refractivity contribution >= 4 is 23.1 Å². The zero-order chi connectivity index (χ0) is 10.7. The number of aliphatic carboxylic acids is 1. The van der Waals surface area contributed by atoms with Crippen LogP contribution in [0.25, 0.3) is 17.1 Å². The van der Waals surface area contributed by atoms with E-state index < -0.39 is 5.97 Å². The Morgan fingerprint density at radius 1 is 1.53 bits per heavy atom. The molecule has 0 spiro atoms. The van der Waals surface area contributed by atoms with Gasteiger partial charge in [0.1, 0.15) is 0 Å². The van der Waals surface area contributed by atoms with Crippen molar-refractivity contribution in [2.45, 2.75) is 6.42 Å². The highest BCUT2D eigenvalue weighted by atomic mass is 16.4. The van der Waals surface area contributed by atoms with Crippen LogP contribution in [-0.2, 0) is 4.79 Å². The second-order valence-corrected chi connectivity index (χ2v) is 3.18. The van der Waals surface area contributed by atoms with E-state index in [1.807, 2.05) is 18.2 Å². The Hall–Kier alpha value is -2.10. The minimum atomic E-state index is -0.825. The number of rotatable bonds is 3. The van der Waals surface area contributed by atoms with Crippen LogP contribution in [-0.4, -0.2) is 21.0 Å². The van der Waals surface area contributed by atoms with E-state index >= 15 is 0 Å². The van der Waals surface area contributed by atoms with Crippen LogP contribution in [0.3, 0.4) is 0 Å². The number of hydrogen-bond acceptors (Lipinski definition) is 2. The standard InChI is InChI=1S/C11H10N2O2/c14-11(15)3-1-2-8-4-5-9-10(6-8)13-7-12-9/h1-2,4-7H,3H2,(H,12,13)(H,14,15). The third-order valence-corrected chi connectivity index (χ3v) is 2.05. The van der Waals surface area contributed by atoms with Crippen LogP contribution >= 0.6 is 0 Å². The van der Waals surface area contributed by atoms with Crippen LogP contribution < -0.4 is 0 Å². The zero-order valence-electron chi connectivity index (χ0n) is 7.97. The molecule has 0 fully saturated rings. The monoisotopic (exact) mass is 202 g/mol. The molecular weight excluding hydrogens is 192 g/mol. The minimum Gasteiger partial charge on any atom is -0.481 e. The molecule has 2 rings (SSSR count). The predicted molar refractivity (Wildman–Crippen MR) is 57.4 cm³/mol. The van der Waals surface area contributed by atoms with Crippen LogP contribution in [0.5, 0.6) is 0 Å². The average Bonchev–Trinajstić information content (AvgIpc) is 2.64. The number of H-pyrrole nitrogens is 1. The lowest BCUT2D eigenvalue weighted by Gasteiger charge is -1.93. The van der Waals surface area contributed by atoms with Gasteiger partial charge in [0.15, 0.2) is 0 Å². The molecule has 0 saturated carbocycles. The summed E-state index contributed by atoms with van der Waals surface area (Å²) >= 11 is 0. The summed E-state index contributed by atoms with van der Waals surface area (Å²) in [7, 11) is 0. The van der Waals surface area contributed by atoms with E-state index in [1.54, 1.807) is 18.5 Å². The van der Waals surface area contributed by atoms with E-state index in [4.69, 9.17) is 5.11 Å². The molecule has 0 atom stereocenters. The Bertz CT molecular complexity index is 514. The summed E-state index contributed by atoms with van der Waals surface area (Å²) in [6.07, 6.45) is 5.09. The first-order valence-corrected chi connectivity index (χ1v) is 4.57. The molecule has 76 valence electrons. The maximum Gasteiger partial charge on any atom is 0.307 e. The molecule has 0 radical (unpaired) electrons. The molecule has 0 unspecified atom stereocenters. The van der Waals surface area contributed by atoms with Crippen LogP contribution in [0, 0.1) is 0 Å². The molecule has 1 aromatic carbocycles. The van der Waals surface area contributed by atoms with Crippen LogP contribution in [0.4, 0.5) is 0 Å². The number of nitrogens with one attached hydrogen (secondary N) is 1. The number of imidazole rings is 1. The minimum absolute atomic E-state index is 0.0427. The smallest absolute Gasteiger partial charge is 0.307 e. The summed E-state index contributed by atoms with van der Waals surface area (Å²) in [5.41, 5.74) is 2.82. The van der Waals surface area contributed by atoms with E-state index in [2.05, 4.69) is 9.97 Å². The molecule has 0 aliphatic carbocycles. The summed E-state index contributed by atoms with van der Waals surface area (Å²) in [5.74, 6) is -0.825. The lowest BCUT2D eigenvalue weighted by atomic mass is 10.2. The summed E-state index contributed by atoms with van der Waals surface area (Å²) in [6, 6.07) is 5.73. The van der Waals surface area contributed by atoms with Crippen molar-refractivity contribution in [3.05, 3.63) is 36.2 Å². The maximum absolute atomic E-state index is 10.3. The SMILES string of the molecule is O=C(O)CC=Cc1ccc2nc[nH]c2c1. The van der Waals surface area contributed by atoms with Crippen molar-refractivity contribution in [1.82, 2.24) is 9.97 Å². The number of carboxylic acids is 1. The Morgan fingerprint density at radius 2 is 2.40 bits per heavy atom. The molecule has 15 heavy (non-hydrogen) atoms. The highest BCUT2D eigenvalue weighted by Gasteiger charge is 1.95. The van der Waals surface area contributed by atoms with Gasteiger partial charge in [-0.05, 0) is 17.7 Å². The molecule has 1 aromatic heterocycles. The van der Waals surface area contributed by atoms with E-state index in [0.717, 1.165) is 16.6 Å². The van der Waals surface area contributed by atoms with Gasteiger partial charge in [-0.3, -0.25) is 4.79 Å². The lowest BCUT2D eigenvalue weighted by Crippen LogP contribution is -1.89. The fraction of sp³-hybridized carbons (Fsp3) is 0.0909. The Labute approximate surface area is 86.3 Å². The first-order valence-electron chi connectivity index (χ1n) is 4.57. The first-order chi connectivity index (χ1) is 7.25. The van der Waals surface area contributed by atoms with Crippen molar-refractivity contribution in [2.75, 3.05) is 0 Å². The molecule has 0 bridgehead atoms. The summed E-state index contributed by atoms with van der Waals surface area (Å²) in [5, 5.41) is 8.46. The van der Waals surface area contributed by atoms with Gasteiger partial charge in [-0.25, -0.2) is 4.98 Å². The van der Waals surface area contributed by atoms with Crippen molar-refractivity contribution in [2.24, 2.45) is 0 Å². The molecule has 4 nitrogen and oxygen atoms in total. The first kappa shape index (κ1) is 9.45. The predicted octanol–water partition coefficient (Wildman–Crippen LogP) is 2.05. The van der Waals surface area contributed by atoms with Crippen molar-refractivity contribution in [3.63, 3.8) is 0 Å². The van der Waals surface area contributed by atoms with Gasteiger partial charge in [-0.15, -0.1) is 0 Å². The lowest BCUT2D eigenvalue weighted by molar-refractivity contribution is -0.135. The van der Waals surface area contributed by atoms with Crippen molar-refractivity contribution in [1.29, 1.82) is 0 Å². The van der Waals surface area contributed by atoms with Gasteiger partial charge in [-0.1, -0.05) is 18.2 Å². The van der Waals surface area contributed by atoms with E-state index in [0.29, 0.717) is 0 Å². The summed E-state index contributed by atoms with van der Waals surface area (Å²) < 4.78 is 0. The highest BCUT2D eigenvalue weighted by Crippen LogP contribution is 2.12. The number of carboxylic acid groups (broad SMARTS) is 1. The Kier molecular flexibility index (Phi) is 2.49. The third-order valence-electron chi connectivity index (χ3n) is 2.05. The van der Waals surface area contributed by atoms with Gasteiger partial charge in [0, 0.05) is 0 Å². The van der Waals surface area contributed by atoms with Crippen LogP contribution in [0.1, 0.15) is 12.0 Å². The van der Waals surface area contributed by atoms with E-state index in [9.17, 15) is 4.79 Å². The van der Waals surface area contributed by atoms with Gasteiger partial charge in [0.25, 0.3) is 0 Å². The van der Waals surface area contributed by atoms with E-state index in [1.165, 1.54) is 0 Å². The fourth-order valence-electron chi connectivity index (χ4n) is 1.35. The topological polar surface area (TPSA) is 66.0 Å². The average molecular weight is 202 g/mol. The van der Waals surface area contributed by atoms with Gasteiger partial charge in [0.05, 0.1) is 23.8 Å². The van der Waals surface area contributed by atoms with Crippen LogP contribution in [0.2, 0.25) is 0 Å². The number of carbonyl (C=O) groups is 1. The Balaban J connectivity index is 2.21. The fourth-order valence-corrected chi connectivity index (χ4v) is 1.35. The molecular formula is C11H10N2O2. The number of benzene rings is 1. The van der Waals surface area contributed by atoms with Crippen molar-refractivity contribution < 1.29 is 9.90 Å². The molecule has 2 aromatic rings. The van der Waals surface area contributed by atoms with Crippen LogP contribution in [0.15, 0.2) is 30.6 Å². The molecule has 0 aliphatic rings. The second-order valence-electron chi connectivity index (χ2n) is 3.18. The normalized spacial score (nSPS) is 11.2. The molecule has 0 saturated heterocycles. The number of hydrogen-bond donors (Lipinski definition) is 2. The van der Waals surface area contributed by atoms with Crippen molar-refractivity contribution in [3.8, 4) is 0 Å².